The fourth-order valence-electron chi connectivity index (χ4n) is 2.98. The van der Waals surface area contributed by atoms with E-state index < -0.39 is 0 Å². The molecule has 2 N–H and O–H groups in total. The van der Waals surface area contributed by atoms with E-state index in [0.29, 0.717) is 13.1 Å². The molecule has 3 rings (SSSR count). The number of guanidine groups is 1. The number of benzene rings is 2. The van der Waals surface area contributed by atoms with Gasteiger partial charge in [-0.05, 0) is 30.7 Å². The molecular formula is C22H26N4O2. The van der Waals surface area contributed by atoms with Crippen LogP contribution in [0.25, 0.3) is 10.9 Å². The van der Waals surface area contributed by atoms with E-state index in [2.05, 4.69) is 33.8 Å². The summed E-state index contributed by atoms with van der Waals surface area (Å²) in [6.07, 6.45) is 1.82. The van der Waals surface area contributed by atoms with Gasteiger partial charge in [-0.1, -0.05) is 24.3 Å². The zero-order valence-corrected chi connectivity index (χ0v) is 16.5. The monoisotopic (exact) mass is 378 g/mol. The number of para-hydroxylation sites is 1. The van der Waals surface area contributed by atoms with Crippen LogP contribution in [0, 0.1) is 0 Å². The summed E-state index contributed by atoms with van der Waals surface area (Å²) in [5, 5.41) is 7.81. The summed E-state index contributed by atoms with van der Waals surface area (Å²) in [4.78, 5) is 9.21. The van der Waals surface area contributed by atoms with Gasteiger partial charge in [-0.15, -0.1) is 0 Å². The molecule has 0 bridgehead atoms. The van der Waals surface area contributed by atoms with Gasteiger partial charge in [0.05, 0.1) is 26.3 Å². The molecule has 0 saturated carbocycles. The molecule has 0 atom stereocenters. The van der Waals surface area contributed by atoms with Crippen molar-refractivity contribution in [2.45, 2.75) is 20.0 Å². The Labute approximate surface area is 165 Å². The third-order valence-electron chi connectivity index (χ3n) is 4.41. The molecule has 2 aromatic carbocycles. The topological polar surface area (TPSA) is 67.8 Å². The van der Waals surface area contributed by atoms with Crippen LogP contribution in [-0.2, 0) is 13.1 Å². The third kappa shape index (κ3) is 4.71. The van der Waals surface area contributed by atoms with Gasteiger partial charge in [0, 0.05) is 36.3 Å². The first-order valence-corrected chi connectivity index (χ1v) is 9.31. The number of nitrogens with zero attached hydrogens (tertiary/aromatic N) is 2. The molecule has 0 saturated heterocycles. The second kappa shape index (κ2) is 9.60. The fraction of sp³-hybridized carbons (Fsp3) is 0.273. The van der Waals surface area contributed by atoms with Crippen LogP contribution in [0.4, 0.5) is 0 Å². The average Bonchev–Trinajstić information content (AvgIpc) is 2.75. The predicted molar refractivity (Wildman–Crippen MR) is 113 cm³/mol. The maximum atomic E-state index is 5.46. The molecule has 0 amide bonds. The summed E-state index contributed by atoms with van der Waals surface area (Å²) in [5.41, 5.74) is 3.13. The van der Waals surface area contributed by atoms with E-state index in [0.717, 1.165) is 46.0 Å². The molecule has 0 fully saturated rings. The van der Waals surface area contributed by atoms with Crippen molar-refractivity contribution in [3.8, 4) is 11.5 Å². The Kier molecular flexibility index (Phi) is 6.68. The second-order valence-electron chi connectivity index (χ2n) is 6.22. The fourth-order valence-corrected chi connectivity index (χ4v) is 2.98. The molecule has 0 unspecified atom stereocenters. The number of aromatic nitrogens is 1. The standard InChI is InChI=1S/C22H26N4O2/c1-4-23-22(25-14-17-10-11-19(27-2)13-20(17)28-3)26-15-18-8-5-7-16-9-6-12-24-21(16)18/h5-13H,4,14-15H2,1-3H3,(H2,23,25,26). The first kappa shape index (κ1) is 19.5. The van der Waals surface area contributed by atoms with Gasteiger partial charge in [-0.3, -0.25) is 4.98 Å². The second-order valence-corrected chi connectivity index (χ2v) is 6.22. The molecule has 3 aromatic rings. The van der Waals surface area contributed by atoms with Gasteiger partial charge in [0.25, 0.3) is 0 Å². The van der Waals surface area contributed by atoms with Crippen LogP contribution in [0.3, 0.4) is 0 Å². The SMILES string of the molecule is CCNC(=NCc1ccc(OC)cc1OC)NCc1cccc2cccnc12. The Bertz CT molecular complexity index is 951. The Balaban J connectivity index is 1.74. The smallest absolute Gasteiger partial charge is 0.191 e. The first-order chi connectivity index (χ1) is 13.7. The van der Waals surface area contributed by atoms with Crippen molar-refractivity contribution in [3.05, 3.63) is 65.9 Å². The summed E-state index contributed by atoms with van der Waals surface area (Å²) in [7, 11) is 3.29. The number of rotatable bonds is 7. The summed E-state index contributed by atoms with van der Waals surface area (Å²) in [6.45, 7) is 3.96. The predicted octanol–water partition coefficient (Wildman–Crippen LogP) is 3.51. The summed E-state index contributed by atoms with van der Waals surface area (Å²) < 4.78 is 10.7. The van der Waals surface area contributed by atoms with Crippen molar-refractivity contribution in [2.75, 3.05) is 20.8 Å². The number of hydrogen-bond donors (Lipinski definition) is 2. The van der Waals surface area contributed by atoms with E-state index in [1.807, 2.05) is 43.5 Å². The van der Waals surface area contributed by atoms with E-state index in [-0.39, 0.29) is 0 Å². The van der Waals surface area contributed by atoms with Crippen molar-refractivity contribution in [3.63, 3.8) is 0 Å². The van der Waals surface area contributed by atoms with E-state index in [1.54, 1.807) is 14.2 Å². The van der Waals surface area contributed by atoms with Crippen LogP contribution in [-0.4, -0.2) is 31.7 Å². The van der Waals surface area contributed by atoms with E-state index in [4.69, 9.17) is 14.5 Å². The molecule has 0 radical (unpaired) electrons. The van der Waals surface area contributed by atoms with Crippen molar-refractivity contribution in [2.24, 2.45) is 4.99 Å². The molecule has 0 spiro atoms. The van der Waals surface area contributed by atoms with E-state index >= 15 is 0 Å². The Morgan fingerprint density at radius 2 is 1.86 bits per heavy atom. The van der Waals surface area contributed by atoms with Gasteiger partial charge < -0.3 is 20.1 Å². The number of aliphatic imine (C=N–C) groups is 1. The van der Waals surface area contributed by atoms with Crippen molar-refractivity contribution >= 4 is 16.9 Å². The number of methoxy groups -OCH3 is 2. The lowest BCUT2D eigenvalue weighted by molar-refractivity contribution is 0.391. The van der Waals surface area contributed by atoms with Gasteiger partial charge in [0.2, 0.25) is 0 Å². The summed E-state index contributed by atoms with van der Waals surface area (Å²) >= 11 is 0. The lowest BCUT2D eigenvalue weighted by atomic mass is 10.1. The zero-order valence-electron chi connectivity index (χ0n) is 16.5. The lowest BCUT2D eigenvalue weighted by Gasteiger charge is -2.13. The van der Waals surface area contributed by atoms with Gasteiger partial charge >= 0.3 is 0 Å². The van der Waals surface area contributed by atoms with Gasteiger partial charge in [-0.25, -0.2) is 4.99 Å². The Hall–Kier alpha value is -3.28. The molecule has 6 heteroatoms. The largest absolute Gasteiger partial charge is 0.497 e. The van der Waals surface area contributed by atoms with Crippen molar-refractivity contribution in [1.29, 1.82) is 0 Å². The van der Waals surface area contributed by atoms with Crippen molar-refractivity contribution in [1.82, 2.24) is 15.6 Å². The van der Waals surface area contributed by atoms with E-state index in [9.17, 15) is 0 Å². The highest BCUT2D eigenvalue weighted by molar-refractivity contribution is 5.83. The van der Waals surface area contributed by atoms with Crippen molar-refractivity contribution < 1.29 is 9.47 Å². The number of fused-ring (bicyclic) bond motifs is 1. The highest BCUT2D eigenvalue weighted by Crippen LogP contribution is 2.25. The molecule has 0 aliphatic rings. The quantitative estimate of drug-likeness (QED) is 0.486. The summed E-state index contributed by atoms with van der Waals surface area (Å²) in [5.74, 6) is 2.27. The Morgan fingerprint density at radius 1 is 1.00 bits per heavy atom. The minimum absolute atomic E-state index is 0.496. The maximum absolute atomic E-state index is 5.46. The van der Waals surface area contributed by atoms with Crippen LogP contribution in [0.5, 0.6) is 11.5 Å². The molecular weight excluding hydrogens is 352 g/mol. The van der Waals surface area contributed by atoms with Crippen LogP contribution in [0.1, 0.15) is 18.1 Å². The molecule has 0 aliphatic carbocycles. The normalized spacial score (nSPS) is 11.3. The van der Waals surface area contributed by atoms with Crippen LogP contribution >= 0.6 is 0 Å². The third-order valence-corrected chi connectivity index (χ3v) is 4.41. The highest BCUT2D eigenvalue weighted by Gasteiger charge is 2.07. The van der Waals surface area contributed by atoms with Gasteiger partial charge in [0.1, 0.15) is 11.5 Å². The summed E-state index contributed by atoms with van der Waals surface area (Å²) in [6, 6.07) is 16.0. The number of pyridine rings is 1. The maximum Gasteiger partial charge on any atom is 0.191 e. The number of hydrogen-bond acceptors (Lipinski definition) is 4. The van der Waals surface area contributed by atoms with Gasteiger partial charge in [0.15, 0.2) is 5.96 Å². The van der Waals surface area contributed by atoms with Crippen LogP contribution in [0.15, 0.2) is 59.7 Å². The number of nitrogens with one attached hydrogen (secondary N) is 2. The molecule has 0 aliphatic heterocycles. The number of ether oxygens (including phenoxy) is 2. The Morgan fingerprint density at radius 3 is 2.64 bits per heavy atom. The minimum atomic E-state index is 0.496. The molecule has 1 aromatic heterocycles. The first-order valence-electron chi connectivity index (χ1n) is 9.31. The van der Waals surface area contributed by atoms with Crippen LogP contribution < -0.4 is 20.1 Å². The molecule has 6 nitrogen and oxygen atoms in total. The van der Waals surface area contributed by atoms with Crippen LogP contribution in [0.2, 0.25) is 0 Å². The zero-order chi connectivity index (χ0) is 19.8. The van der Waals surface area contributed by atoms with Gasteiger partial charge in [-0.2, -0.15) is 0 Å². The molecule has 28 heavy (non-hydrogen) atoms. The van der Waals surface area contributed by atoms with E-state index in [1.165, 1.54) is 0 Å². The average molecular weight is 378 g/mol. The minimum Gasteiger partial charge on any atom is -0.497 e. The molecule has 1 heterocycles. The molecule has 146 valence electrons. The lowest BCUT2D eigenvalue weighted by Crippen LogP contribution is -2.36. The highest BCUT2D eigenvalue weighted by atomic mass is 16.5.